The standard InChI is InChI=1S/C9H15FN6O/c1-5(2)16(4-7(11)17)8-6(10)3-13-9(14-8)15-12/h3,5H,4,12H2,1-2H3,(H2,11,17)(H,13,14,15). The molecule has 1 heterocycles. The number of amides is 1. The highest BCUT2D eigenvalue weighted by molar-refractivity contribution is 5.79. The van der Waals surface area contributed by atoms with Gasteiger partial charge in [0, 0.05) is 6.04 Å². The lowest BCUT2D eigenvalue weighted by Crippen LogP contribution is -2.39. The maximum absolute atomic E-state index is 13.6. The van der Waals surface area contributed by atoms with Gasteiger partial charge >= 0.3 is 0 Å². The molecule has 1 aromatic rings. The quantitative estimate of drug-likeness (QED) is 0.478. The second kappa shape index (κ2) is 5.39. The number of carbonyl (C=O) groups is 1. The number of anilines is 2. The number of nitrogens with one attached hydrogen (secondary N) is 1. The van der Waals surface area contributed by atoms with Crippen LogP contribution in [0.1, 0.15) is 13.8 Å². The van der Waals surface area contributed by atoms with Gasteiger partial charge in [-0.15, -0.1) is 0 Å². The summed E-state index contributed by atoms with van der Waals surface area (Å²) in [6.45, 7) is 3.45. The molecule has 1 aromatic heterocycles. The molecule has 7 nitrogen and oxygen atoms in total. The topological polar surface area (TPSA) is 110 Å². The average molecular weight is 242 g/mol. The van der Waals surface area contributed by atoms with E-state index in [9.17, 15) is 9.18 Å². The fraction of sp³-hybridized carbons (Fsp3) is 0.444. The molecule has 0 saturated carbocycles. The zero-order chi connectivity index (χ0) is 13.0. The number of primary amides is 1. The van der Waals surface area contributed by atoms with E-state index in [0.717, 1.165) is 6.20 Å². The average Bonchev–Trinajstić information content (AvgIpc) is 2.26. The molecule has 0 atom stereocenters. The summed E-state index contributed by atoms with van der Waals surface area (Å²) in [6, 6.07) is -0.141. The van der Waals surface area contributed by atoms with Crippen molar-refractivity contribution < 1.29 is 9.18 Å². The van der Waals surface area contributed by atoms with Crippen LogP contribution < -0.4 is 21.9 Å². The number of aromatic nitrogens is 2. The number of nitrogens with two attached hydrogens (primary N) is 2. The van der Waals surface area contributed by atoms with Crippen LogP contribution in [0.15, 0.2) is 6.20 Å². The van der Waals surface area contributed by atoms with E-state index in [-0.39, 0.29) is 24.4 Å². The summed E-state index contributed by atoms with van der Waals surface area (Å²) in [4.78, 5) is 19.8. The molecule has 1 amide bonds. The largest absolute Gasteiger partial charge is 0.368 e. The molecule has 94 valence electrons. The molecule has 17 heavy (non-hydrogen) atoms. The predicted octanol–water partition coefficient (Wildman–Crippen LogP) is -0.399. The fourth-order valence-electron chi connectivity index (χ4n) is 1.30. The number of nitrogen functional groups attached to an aromatic ring is 1. The van der Waals surface area contributed by atoms with Crippen LogP contribution in [-0.2, 0) is 4.79 Å². The van der Waals surface area contributed by atoms with E-state index in [2.05, 4.69) is 15.4 Å². The van der Waals surface area contributed by atoms with Crippen LogP contribution in [0.4, 0.5) is 16.2 Å². The lowest BCUT2D eigenvalue weighted by atomic mass is 10.3. The van der Waals surface area contributed by atoms with Crippen LogP contribution in [0.25, 0.3) is 0 Å². The first-order chi connectivity index (χ1) is 7.95. The summed E-state index contributed by atoms with van der Waals surface area (Å²) < 4.78 is 13.6. The maximum Gasteiger partial charge on any atom is 0.239 e. The third kappa shape index (κ3) is 3.25. The zero-order valence-corrected chi connectivity index (χ0v) is 9.64. The van der Waals surface area contributed by atoms with Crippen molar-refractivity contribution in [1.29, 1.82) is 0 Å². The van der Waals surface area contributed by atoms with Gasteiger partial charge in [-0.05, 0) is 13.8 Å². The second-order valence-corrected chi connectivity index (χ2v) is 3.70. The van der Waals surface area contributed by atoms with Gasteiger partial charge in [0.25, 0.3) is 0 Å². The fourth-order valence-corrected chi connectivity index (χ4v) is 1.30. The van der Waals surface area contributed by atoms with E-state index < -0.39 is 11.7 Å². The van der Waals surface area contributed by atoms with E-state index in [1.807, 2.05) is 0 Å². The minimum absolute atomic E-state index is 0.0123. The molecule has 0 aliphatic heterocycles. The van der Waals surface area contributed by atoms with Crippen LogP contribution in [-0.4, -0.2) is 28.5 Å². The number of nitrogens with zero attached hydrogens (tertiary/aromatic N) is 3. The summed E-state index contributed by atoms with van der Waals surface area (Å²) >= 11 is 0. The predicted molar refractivity (Wildman–Crippen MR) is 61.5 cm³/mol. The summed E-state index contributed by atoms with van der Waals surface area (Å²) in [6.07, 6.45) is 0.980. The molecular formula is C9H15FN6O. The molecule has 0 aliphatic rings. The molecule has 0 radical (unpaired) electrons. The lowest BCUT2D eigenvalue weighted by Gasteiger charge is -2.26. The van der Waals surface area contributed by atoms with Crippen molar-refractivity contribution in [2.45, 2.75) is 19.9 Å². The molecule has 0 unspecified atom stereocenters. The Kier molecular flexibility index (Phi) is 4.16. The highest BCUT2D eigenvalue weighted by Crippen LogP contribution is 2.18. The van der Waals surface area contributed by atoms with Crippen LogP contribution in [0.3, 0.4) is 0 Å². The van der Waals surface area contributed by atoms with Crippen molar-refractivity contribution in [3.63, 3.8) is 0 Å². The highest BCUT2D eigenvalue weighted by Gasteiger charge is 2.19. The molecule has 0 fully saturated rings. The smallest absolute Gasteiger partial charge is 0.239 e. The van der Waals surface area contributed by atoms with Crippen molar-refractivity contribution >= 4 is 17.7 Å². The Hall–Kier alpha value is -1.96. The van der Waals surface area contributed by atoms with Gasteiger partial charge < -0.3 is 10.6 Å². The number of hydrogen-bond acceptors (Lipinski definition) is 6. The molecule has 0 aliphatic carbocycles. The highest BCUT2D eigenvalue weighted by atomic mass is 19.1. The van der Waals surface area contributed by atoms with Crippen molar-refractivity contribution in [3.05, 3.63) is 12.0 Å². The lowest BCUT2D eigenvalue weighted by molar-refractivity contribution is -0.116. The first-order valence-electron chi connectivity index (χ1n) is 4.99. The Morgan fingerprint density at radius 2 is 2.29 bits per heavy atom. The van der Waals surface area contributed by atoms with Gasteiger partial charge in [0.05, 0.1) is 12.7 Å². The Bertz CT molecular complexity index is 410. The molecule has 5 N–H and O–H groups in total. The van der Waals surface area contributed by atoms with Gasteiger partial charge in [0.15, 0.2) is 11.6 Å². The van der Waals surface area contributed by atoms with Crippen molar-refractivity contribution in [2.75, 3.05) is 16.9 Å². The number of rotatable bonds is 5. The summed E-state index contributed by atoms with van der Waals surface area (Å²) in [5, 5.41) is 0. The van der Waals surface area contributed by atoms with E-state index in [1.54, 1.807) is 13.8 Å². The zero-order valence-electron chi connectivity index (χ0n) is 9.64. The van der Waals surface area contributed by atoms with Crippen molar-refractivity contribution in [1.82, 2.24) is 9.97 Å². The van der Waals surface area contributed by atoms with Gasteiger partial charge in [0.1, 0.15) is 0 Å². The third-order valence-corrected chi connectivity index (χ3v) is 2.08. The van der Waals surface area contributed by atoms with Crippen LogP contribution >= 0.6 is 0 Å². The number of hydrogen-bond donors (Lipinski definition) is 3. The van der Waals surface area contributed by atoms with Crippen molar-refractivity contribution in [3.8, 4) is 0 Å². The Balaban J connectivity index is 3.12. The van der Waals surface area contributed by atoms with Crippen LogP contribution in [0, 0.1) is 5.82 Å². The first-order valence-corrected chi connectivity index (χ1v) is 4.99. The minimum Gasteiger partial charge on any atom is -0.368 e. The number of hydrazine groups is 1. The number of carbonyl (C=O) groups excluding carboxylic acids is 1. The first kappa shape index (κ1) is 13.1. The second-order valence-electron chi connectivity index (χ2n) is 3.70. The Morgan fingerprint density at radius 3 is 2.76 bits per heavy atom. The monoisotopic (exact) mass is 242 g/mol. The number of halogens is 1. The van der Waals surface area contributed by atoms with Gasteiger partial charge in [0.2, 0.25) is 11.9 Å². The summed E-state index contributed by atoms with van der Waals surface area (Å²) in [5.41, 5.74) is 7.31. The molecule has 0 bridgehead atoms. The minimum atomic E-state index is -0.640. The van der Waals surface area contributed by atoms with Gasteiger partial charge in [-0.3, -0.25) is 10.2 Å². The van der Waals surface area contributed by atoms with Crippen LogP contribution in [0.2, 0.25) is 0 Å². The SMILES string of the molecule is CC(C)N(CC(N)=O)c1nc(NN)ncc1F. The van der Waals surface area contributed by atoms with Crippen LogP contribution in [0.5, 0.6) is 0 Å². The van der Waals surface area contributed by atoms with E-state index >= 15 is 0 Å². The van der Waals surface area contributed by atoms with E-state index in [4.69, 9.17) is 11.6 Å². The van der Waals surface area contributed by atoms with Crippen molar-refractivity contribution in [2.24, 2.45) is 11.6 Å². The van der Waals surface area contributed by atoms with Gasteiger partial charge in [-0.2, -0.15) is 4.98 Å². The molecule has 8 heteroatoms. The molecule has 0 spiro atoms. The molecule has 0 aromatic carbocycles. The van der Waals surface area contributed by atoms with Gasteiger partial charge in [-0.25, -0.2) is 15.2 Å². The van der Waals surface area contributed by atoms with E-state index in [0.29, 0.717) is 0 Å². The molecular weight excluding hydrogens is 227 g/mol. The Morgan fingerprint density at radius 1 is 1.65 bits per heavy atom. The molecule has 1 rings (SSSR count). The maximum atomic E-state index is 13.6. The summed E-state index contributed by atoms with van der Waals surface area (Å²) in [5.74, 6) is 3.98. The third-order valence-electron chi connectivity index (χ3n) is 2.08. The van der Waals surface area contributed by atoms with Gasteiger partial charge in [-0.1, -0.05) is 0 Å². The normalized spacial score (nSPS) is 10.4. The molecule has 0 saturated heterocycles. The van der Waals surface area contributed by atoms with E-state index in [1.165, 1.54) is 4.90 Å². The Labute approximate surface area is 98.0 Å². The summed E-state index contributed by atoms with van der Waals surface area (Å²) in [7, 11) is 0.